The van der Waals surface area contributed by atoms with Crippen LogP contribution in [0.15, 0.2) is 47.6 Å². The van der Waals surface area contributed by atoms with Crippen molar-refractivity contribution in [3.63, 3.8) is 0 Å². The van der Waals surface area contributed by atoms with Gasteiger partial charge in [-0.1, -0.05) is 12.5 Å². The number of pyridine rings is 1. The van der Waals surface area contributed by atoms with Crippen molar-refractivity contribution < 1.29 is 17.9 Å². The van der Waals surface area contributed by atoms with Crippen molar-refractivity contribution in [3.8, 4) is 0 Å². The van der Waals surface area contributed by atoms with Crippen LogP contribution in [0.2, 0.25) is 0 Å². The Balaban J connectivity index is 1.30. The van der Waals surface area contributed by atoms with Gasteiger partial charge in [0.1, 0.15) is 5.82 Å². The molecule has 0 spiro atoms. The lowest BCUT2D eigenvalue weighted by atomic mass is 9.79. The summed E-state index contributed by atoms with van der Waals surface area (Å²) >= 11 is 0. The Morgan fingerprint density at radius 3 is 2.58 bits per heavy atom. The Labute approximate surface area is 224 Å². The molecule has 3 heterocycles. The molecule has 3 aliphatic rings. The van der Waals surface area contributed by atoms with E-state index in [0.29, 0.717) is 29.7 Å². The average Bonchev–Trinajstić information content (AvgIpc) is 3.53. The molecule has 0 atom stereocenters. The standard InChI is InChI=1S/C29H36N4O4S/c1-19(2)37-22-10-15-33(16-11-22)27-24(17-21(18-31-27)20-5-3-6-20)29(12-13-29)28(34)32-38(35,36)26-8-4-7-25-23(26)9-14-30-25/h4,7-9,14,17-20,22,30H,3,5-6,10-13,15-16H2,1-2H3,(H,32,34). The number of rotatable bonds is 8. The molecule has 1 aliphatic heterocycles. The number of benzene rings is 1. The first-order chi connectivity index (χ1) is 18.3. The number of sulfonamides is 1. The first kappa shape index (κ1) is 25.4. The molecule has 2 saturated carbocycles. The van der Waals surface area contributed by atoms with Crippen LogP contribution in [0, 0.1) is 0 Å². The van der Waals surface area contributed by atoms with Crippen molar-refractivity contribution in [1.82, 2.24) is 14.7 Å². The number of aromatic amines is 1. The van der Waals surface area contributed by atoms with E-state index in [0.717, 1.165) is 55.7 Å². The molecule has 38 heavy (non-hydrogen) atoms. The van der Waals surface area contributed by atoms with Crippen molar-refractivity contribution >= 4 is 32.7 Å². The molecule has 0 radical (unpaired) electrons. The van der Waals surface area contributed by atoms with E-state index in [1.165, 1.54) is 6.42 Å². The predicted molar refractivity (Wildman–Crippen MR) is 147 cm³/mol. The number of fused-ring (bicyclic) bond motifs is 1. The molecule has 8 nitrogen and oxygen atoms in total. The summed E-state index contributed by atoms with van der Waals surface area (Å²) in [7, 11) is -4.05. The molecule has 1 amide bonds. The molecule has 3 fully saturated rings. The molecular weight excluding hydrogens is 500 g/mol. The quantitative estimate of drug-likeness (QED) is 0.430. The third-order valence-electron chi connectivity index (χ3n) is 8.44. The van der Waals surface area contributed by atoms with E-state index in [9.17, 15) is 13.2 Å². The molecule has 0 unspecified atom stereocenters. The van der Waals surface area contributed by atoms with Crippen LogP contribution in [0.1, 0.15) is 75.8 Å². The van der Waals surface area contributed by atoms with Crippen LogP contribution < -0.4 is 9.62 Å². The second-order valence-electron chi connectivity index (χ2n) is 11.4. The van der Waals surface area contributed by atoms with Crippen LogP contribution in [0.4, 0.5) is 5.82 Å². The number of amides is 1. The van der Waals surface area contributed by atoms with Crippen molar-refractivity contribution in [2.45, 2.75) is 87.2 Å². The van der Waals surface area contributed by atoms with Gasteiger partial charge in [0, 0.05) is 41.9 Å². The third-order valence-corrected chi connectivity index (χ3v) is 9.83. The van der Waals surface area contributed by atoms with Crippen LogP contribution in [0.25, 0.3) is 10.9 Å². The molecular formula is C29H36N4O4S. The summed E-state index contributed by atoms with van der Waals surface area (Å²) in [6.07, 6.45) is 10.6. The fourth-order valence-corrected chi connectivity index (χ4v) is 7.22. The van der Waals surface area contributed by atoms with Crippen LogP contribution in [-0.2, 0) is 25.0 Å². The predicted octanol–water partition coefficient (Wildman–Crippen LogP) is 4.76. The lowest BCUT2D eigenvalue weighted by Crippen LogP contribution is -2.42. The van der Waals surface area contributed by atoms with E-state index in [-0.39, 0.29) is 17.1 Å². The fourth-order valence-electron chi connectivity index (χ4n) is 5.94. The number of nitrogens with one attached hydrogen (secondary N) is 2. The number of carbonyl (C=O) groups is 1. The zero-order chi connectivity index (χ0) is 26.5. The number of hydrogen-bond acceptors (Lipinski definition) is 6. The average molecular weight is 537 g/mol. The van der Waals surface area contributed by atoms with Crippen LogP contribution in [0.5, 0.6) is 0 Å². The van der Waals surface area contributed by atoms with Gasteiger partial charge in [0.25, 0.3) is 10.0 Å². The van der Waals surface area contributed by atoms with Gasteiger partial charge in [-0.05, 0) is 88.1 Å². The molecule has 2 aliphatic carbocycles. The van der Waals surface area contributed by atoms with Gasteiger partial charge in [-0.3, -0.25) is 4.79 Å². The number of anilines is 1. The van der Waals surface area contributed by atoms with Crippen molar-refractivity contribution in [1.29, 1.82) is 0 Å². The number of nitrogens with zero attached hydrogens (tertiary/aromatic N) is 2. The normalized spacial score (nSPS) is 20.0. The van der Waals surface area contributed by atoms with E-state index < -0.39 is 21.3 Å². The van der Waals surface area contributed by atoms with Gasteiger partial charge < -0.3 is 14.6 Å². The molecule has 2 aromatic heterocycles. The maximum Gasteiger partial charge on any atom is 0.264 e. The molecule has 2 N–H and O–H groups in total. The number of carbonyl (C=O) groups excluding carboxylic acids is 1. The van der Waals surface area contributed by atoms with Gasteiger partial charge in [0.15, 0.2) is 0 Å². The molecule has 9 heteroatoms. The second-order valence-corrected chi connectivity index (χ2v) is 13.0. The Hall–Kier alpha value is -2.91. The maximum atomic E-state index is 13.8. The zero-order valence-corrected chi connectivity index (χ0v) is 22.9. The summed E-state index contributed by atoms with van der Waals surface area (Å²) in [5.74, 6) is 0.819. The number of hydrogen-bond donors (Lipinski definition) is 2. The largest absolute Gasteiger partial charge is 0.375 e. The Kier molecular flexibility index (Phi) is 6.46. The number of piperidine rings is 1. The van der Waals surface area contributed by atoms with Gasteiger partial charge in [-0.15, -0.1) is 0 Å². The summed E-state index contributed by atoms with van der Waals surface area (Å²) in [6, 6.07) is 8.91. The molecule has 1 aromatic carbocycles. The molecule has 1 saturated heterocycles. The molecule has 6 rings (SSSR count). The summed E-state index contributed by atoms with van der Waals surface area (Å²) in [6.45, 7) is 5.72. The van der Waals surface area contributed by atoms with Gasteiger partial charge in [-0.25, -0.2) is 18.1 Å². The maximum absolute atomic E-state index is 13.8. The highest BCUT2D eigenvalue weighted by molar-refractivity contribution is 7.90. The molecule has 202 valence electrons. The molecule has 0 bridgehead atoms. The number of aromatic nitrogens is 2. The van der Waals surface area contributed by atoms with E-state index in [2.05, 4.69) is 34.5 Å². The smallest absolute Gasteiger partial charge is 0.264 e. The van der Waals surface area contributed by atoms with Crippen molar-refractivity contribution in [2.24, 2.45) is 0 Å². The lowest BCUT2D eigenvalue weighted by molar-refractivity contribution is -0.121. The third kappa shape index (κ3) is 4.60. The highest BCUT2D eigenvalue weighted by Crippen LogP contribution is 2.52. The fraction of sp³-hybridized carbons (Fsp3) is 0.517. The summed E-state index contributed by atoms with van der Waals surface area (Å²) in [4.78, 5) is 24.1. The van der Waals surface area contributed by atoms with Gasteiger partial charge in [0.05, 0.1) is 22.5 Å². The van der Waals surface area contributed by atoms with E-state index in [1.807, 2.05) is 12.3 Å². The Bertz CT molecular complexity index is 1450. The number of H-pyrrole nitrogens is 1. The first-order valence-corrected chi connectivity index (χ1v) is 15.3. The minimum Gasteiger partial charge on any atom is -0.375 e. The lowest BCUT2D eigenvalue weighted by Gasteiger charge is -2.36. The van der Waals surface area contributed by atoms with Crippen LogP contribution in [0.3, 0.4) is 0 Å². The van der Waals surface area contributed by atoms with E-state index in [1.54, 1.807) is 24.4 Å². The first-order valence-electron chi connectivity index (χ1n) is 13.8. The summed E-state index contributed by atoms with van der Waals surface area (Å²) < 4.78 is 35.3. The minimum atomic E-state index is -4.05. The zero-order valence-electron chi connectivity index (χ0n) is 22.1. The van der Waals surface area contributed by atoms with Crippen molar-refractivity contribution in [3.05, 3.63) is 53.9 Å². The topological polar surface area (TPSA) is 104 Å². The number of ether oxygens (including phenoxy) is 1. The van der Waals surface area contributed by atoms with Gasteiger partial charge in [-0.2, -0.15) is 0 Å². The highest BCUT2D eigenvalue weighted by atomic mass is 32.2. The SMILES string of the molecule is CC(C)OC1CCN(c2ncc(C3CCC3)cc2C2(C(=O)NS(=O)(=O)c3cccc4[nH]ccc34)CC2)CC1. The van der Waals surface area contributed by atoms with E-state index >= 15 is 0 Å². The second kappa shape index (κ2) is 9.68. The highest BCUT2D eigenvalue weighted by Gasteiger charge is 2.54. The Morgan fingerprint density at radius 1 is 1.16 bits per heavy atom. The Morgan fingerprint density at radius 2 is 1.92 bits per heavy atom. The van der Waals surface area contributed by atoms with Crippen LogP contribution in [-0.4, -0.2) is 49.6 Å². The van der Waals surface area contributed by atoms with Gasteiger partial charge >= 0.3 is 0 Å². The molecule has 3 aromatic rings. The minimum absolute atomic E-state index is 0.106. The van der Waals surface area contributed by atoms with Crippen molar-refractivity contribution in [2.75, 3.05) is 18.0 Å². The summed E-state index contributed by atoms with van der Waals surface area (Å²) in [5.41, 5.74) is 1.86. The van der Waals surface area contributed by atoms with Gasteiger partial charge in [0.2, 0.25) is 5.91 Å². The van der Waals surface area contributed by atoms with Crippen LogP contribution >= 0.6 is 0 Å². The van der Waals surface area contributed by atoms with E-state index in [4.69, 9.17) is 9.72 Å². The summed E-state index contributed by atoms with van der Waals surface area (Å²) in [5, 5.41) is 0.568. The monoisotopic (exact) mass is 536 g/mol.